The van der Waals surface area contributed by atoms with Crippen LogP contribution in [0.1, 0.15) is 25.7 Å². The molecule has 164 valence electrons. The number of rotatable bonds is 6. The second-order valence-electron chi connectivity index (χ2n) is 7.38. The lowest BCUT2D eigenvalue weighted by atomic mass is 9.78. The van der Waals surface area contributed by atoms with Crippen LogP contribution in [0.15, 0.2) is 0 Å². The van der Waals surface area contributed by atoms with Crippen LogP contribution in [-0.2, 0) is 23.9 Å². The van der Waals surface area contributed by atoms with E-state index in [4.69, 9.17) is 9.84 Å². The summed E-state index contributed by atoms with van der Waals surface area (Å²) in [4.78, 5) is 48.3. The summed E-state index contributed by atoms with van der Waals surface area (Å²) in [7, 11) is 1.33. The minimum absolute atomic E-state index is 0.380. The highest BCUT2D eigenvalue weighted by Crippen LogP contribution is 2.31. The van der Waals surface area contributed by atoms with Gasteiger partial charge in [0.1, 0.15) is 18.3 Å². The van der Waals surface area contributed by atoms with Crippen molar-refractivity contribution in [1.29, 1.82) is 0 Å². The van der Waals surface area contributed by atoms with Crippen LogP contribution in [0.2, 0.25) is 0 Å². The Hall–Kier alpha value is -2.28. The van der Waals surface area contributed by atoms with E-state index in [0.717, 1.165) is 4.90 Å². The maximum absolute atomic E-state index is 12.6. The van der Waals surface area contributed by atoms with Crippen molar-refractivity contribution in [3.05, 3.63) is 0 Å². The zero-order chi connectivity index (χ0) is 21.9. The van der Waals surface area contributed by atoms with E-state index in [1.165, 1.54) is 7.05 Å². The van der Waals surface area contributed by atoms with Crippen molar-refractivity contribution in [3.63, 3.8) is 0 Å². The van der Waals surface area contributed by atoms with Crippen molar-refractivity contribution < 1.29 is 49.4 Å². The number of nitrogens with zero attached hydrogens (tertiary/aromatic N) is 1. The van der Waals surface area contributed by atoms with Gasteiger partial charge in [-0.3, -0.25) is 14.4 Å². The third kappa shape index (κ3) is 5.21. The summed E-state index contributed by atoms with van der Waals surface area (Å²) in [5.74, 6) is -5.54. The Morgan fingerprint density at radius 1 is 0.931 bits per heavy atom. The molecule has 29 heavy (non-hydrogen) atoms. The van der Waals surface area contributed by atoms with Gasteiger partial charge in [-0.15, -0.1) is 0 Å². The number of hydrogen-bond acceptors (Lipinski definition) is 8. The van der Waals surface area contributed by atoms with Gasteiger partial charge in [0.25, 0.3) is 0 Å². The molecule has 0 aromatic heterocycles. The number of carbonyl (C=O) groups is 4. The summed E-state index contributed by atoms with van der Waals surface area (Å²) in [6.45, 7) is -0.495. The van der Waals surface area contributed by atoms with Crippen LogP contribution in [0.4, 0.5) is 0 Å². The average molecular weight is 418 g/mol. The molecule has 2 amide bonds. The number of carbonyl (C=O) groups excluding carboxylic acids is 2. The molecule has 2 rings (SSSR count). The van der Waals surface area contributed by atoms with Crippen LogP contribution < -0.4 is 5.32 Å². The number of amides is 2. The number of ether oxygens (including phenoxy) is 1. The number of hydrogen-bond donors (Lipinski definition) is 6. The maximum Gasteiger partial charge on any atom is 0.335 e. The third-order valence-corrected chi connectivity index (χ3v) is 5.32. The summed E-state index contributed by atoms with van der Waals surface area (Å²) in [6.07, 6.45) is -6.84. The van der Waals surface area contributed by atoms with Gasteiger partial charge in [0.05, 0.1) is 18.4 Å². The Balaban J connectivity index is 1.97. The summed E-state index contributed by atoms with van der Waals surface area (Å²) in [6, 6.07) is 0. The monoisotopic (exact) mass is 418 g/mol. The van der Waals surface area contributed by atoms with Crippen LogP contribution in [0.3, 0.4) is 0 Å². The Morgan fingerprint density at radius 2 is 1.52 bits per heavy atom. The molecule has 2 aliphatic rings. The zero-order valence-electron chi connectivity index (χ0n) is 15.8. The first-order valence-corrected chi connectivity index (χ1v) is 9.24. The Bertz CT molecular complexity index is 656. The molecule has 1 saturated heterocycles. The zero-order valence-corrected chi connectivity index (χ0v) is 15.8. The molecule has 6 N–H and O–H groups in total. The molecule has 1 heterocycles. The minimum atomic E-state index is -1.89. The van der Waals surface area contributed by atoms with Gasteiger partial charge in [-0.25, -0.2) is 4.79 Å². The fourth-order valence-electron chi connectivity index (χ4n) is 3.71. The number of likely N-dealkylation sites (N-methyl/N-ethyl adjacent to an activating group) is 1. The molecule has 1 aliphatic carbocycles. The summed E-state index contributed by atoms with van der Waals surface area (Å²) in [5.41, 5.74) is 0. The van der Waals surface area contributed by atoms with E-state index in [-0.39, 0.29) is 0 Å². The molecule has 0 aromatic rings. The highest BCUT2D eigenvalue weighted by atomic mass is 16.6. The molecule has 7 atom stereocenters. The van der Waals surface area contributed by atoms with Crippen molar-refractivity contribution in [3.8, 4) is 0 Å². The number of carboxylic acid groups (broad SMARTS) is 2. The first-order chi connectivity index (χ1) is 13.5. The number of aliphatic carboxylic acids is 2. The molecule has 12 heteroatoms. The molecule has 0 radical (unpaired) electrons. The molecule has 1 saturated carbocycles. The number of aliphatic hydroxyl groups excluding tert-OH is 3. The van der Waals surface area contributed by atoms with Crippen molar-refractivity contribution >= 4 is 23.8 Å². The highest BCUT2D eigenvalue weighted by Gasteiger charge is 2.47. The fourth-order valence-corrected chi connectivity index (χ4v) is 3.71. The minimum Gasteiger partial charge on any atom is -0.481 e. The number of carboxylic acids is 2. The standard InChI is InChI=1S/C17H26N2O10/c1-19(15(24)7-4-2-3-5-8(7)16(25)26)6-9(20)18-14-12(23)10(21)11(22)13(29-14)17(27)28/h7-8,10-14,21-23H,2-6H2,1H3,(H,18,20)(H,25,26)(H,27,28)/t7-,8+,10+,11+,12-,13+,14-/m1/s1. The third-order valence-electron chi connectivity index (χ3n) is 5.32. The summed E-state index contributed by atoms with van der Waals surface area (Å²) < 4.78 is 4.95. The fraction of sp³-hybridized carbons (Fsp3) is 0.765. The topological polar surface area (TPSA) is 194 Å². The van der Waals surface area contributed by atoms with E-state index >= 15 is 0 Å². The molecular formula is C17H26N2O10. The normalized spacial score (nSPS) is 34.8. The molecule has 0 unspecified atom stereocenters. The van der Waals surface area contributed by atoms with Gasteiger partial charge < -0.3 is 40.5 Å². The van der Waals surface area contributed by atoms with E-state index in [1.54, 1.807) is 0 Å². The van der Waals surface area contributed by atoms with E-state index < -0.39 is 72.8 Å². The summed E-state index contributed by atoms with van der Waals surface area (Å²) >= 11 is 0. The lowest BCUT2D eigenvalue weighted by Gasteiger charge is -2.39. The van der Waals surface area contributed by atoms with Crippen molar-refractivity contribution in [1.82, 2.24) is 10.2 Å². The van der Waals surface area contributed by atoms with Crippen LogP contribution in [0.5, 0.6) is 0 Å². The van der Waals surface area contributed by atoms with Gasteiger partial charge in [-0.2, -0.15) is 0 Å². The van der Waals surface area contributed by atoms with Crippen molar-refractivity contribution in [2.24, 2.45) is 11.8 Å². The van der Waals surface area contributed by atoms with Gasteiger partial charge in [0, 0.05) is 7.05 Å². The highest BCUT2D eigenvalue weighted by molar-refractivity contribution is 5.88. The SMILES string of the molecule is CN(CC(=O)N[C@@H]1O[C@H](C(=O)O)[C@@H](O)[C@H](O)[C@H]1O)C(=O)[C@@H]1CCCC[C@@H]1C(=O)O. The largest absolute Gasteiger partial charge is 0.481 e. The van der Waals surface area contributed by atoms with E-state index in [9.17, 15) is 39.6 Å². The Labute approximate surface area is 166 Å². The van der Waals surface area contributed by atoms with Crippen LogP contribution in [-0.4, -0.2) is 98.4 Å². The predicted molar refractivity (Wildman–Crippen MR) is 93.2 cm³/mol. The Kier molecular flexibility index (Phi) is 7.52. The molecule has 0 aromatic carbocycles. The Morgan fingerprint density at radius 3 is 2.07 bits per heavy atom. The molecular weight excluding hydrogens is 392 g/mol. The molecule has 2 fully saturated rings. The van der Waals surface area contributed by atoms with E-state index in [1.807, 2.05) is 0 Å². The number of nitrogens with one attached hydrogen (secondary N) is 1. The molecule has 1 aliphatic heterocycles. The first kappa shape index (κ1) is 23.0. The van der Waals surface area contributed by atoms with Crippen LogP contribution >= 0.6 is 0 Å². The molecule has 0 spiro atoms. The van der Waals surface area contributed by atoms with Gasteiger partial charge >= 0.3 is 11.9 Å². The van der Waals surface area contributed by atoms with Crippen LogP contribution in [0.25, 0.3) is 0 Å². The van der Waals surface area contributed by atoms with Gasteiger partial charge in [0.15, 0.2) is 12.3 Å². The molecule has 12 nitrogen and oxygen atoms in total. The average Bonchev–Trinajstić information content (AvgIpc) is 2.67. The molecule has 0 bridgehead atoms. The lowest BCUT2D eigenvalue weighted by molar-refractivity contribution is -0.233. The first-order valence-electron chi connectivity index (χ1n) is 9.24. The van der Waals surface area contributed by atoms with E-state index in [2.05, 4.69) is 5.32 Å². The van der Waals surface area contributed by atoms with E-state index in [0.29, 0.717) is 25.7 Å². The lowest BCUT2D eigenvalue weighted by Crippen LogP contribution is -2.64. The smallest absolute Gasteiger partial charge is 0.335 e. The van der Waals surface area contributed by atoms with Gasteiger partial charge in [-0.1, -0.05) is 12.8 Å². The summed E-state index contributed by atoms with van der Waals surface area (Å²) in [5, 5.41) is 49.8. The van der Waals surface area contributed by atoms with Crippen LogP contribution in [0, 0.1) is 11.8 Å². The van der Waals surface area contributed by atoms with Gasteiger partial charge in [-0.05, 0) is 12.8 Å². The van der Waals surface area contributed by atoms with Crippen molar-refractivity contribution in [2.75, 3.05) is 13.6 Å². The quantitative estimate of drug-likeness (QED) is 0.265. The van der Waals surface area contributed by atoms with Gasteiger partial charge in [0.2, 0.25) is 11.8 Å². The second-order valence-corrected chi connectivity index (χ2v) is 7.38. The maximum atomic E-state index is 12.6. The second kappa shape index (κ2) is 9.48. The number of aliphatic hydroxyl groups is 3. The predicted octanol–water partition coefficient (Wildman–Crippen LogP) is -2.66. The van der Waals surface area contributed by atoms with Crippen molar-refractivity contribution in [2.45, 2.75) is 56.3 Å².